The van der Waals surface area contributed by atoms with Gasteiger partial charge in [-0.05, 0) is 80.3 Å². The Morgan fingerprint density at radius 3 is 2.27 bits per heavy atom. The maximum atomic E-state index is 5.53. The quantitative estimate of drug-likeness (QED) is 0.555. The van der Waals surface area contributed by atoms with E-state index < -0.39 is 0 Å². The molecule has 2 N–H and O–H groups in total. The Hall–Kier alpha value is -0.350. The molecule has 0 radical (unpaired) electrons. The topological polar surface area (TPSA) is 33.3 Å². The summed E-state index contributed by atoms with van der Waals surface area (Å²) in [5.41, 5.74) is 0.526. The van der Waals surface area contributed by atoms with Gasteiger partial charge >= 0.3 is 0 Å². The molecule has 4 heteroatoms. The third-order valence-electron chi connectivity index (χ3n) is 6.30. The van der Waals surface area contributed by atoms with Crippen molar-refractivity contribution in [1.82, 2.24) is 10.6 Å². The van der Waals surface area contributed by atoms with Crippen LogP contribution in [0.2, 0.25) is 0 Å². The van der Waals surface area contributed by atoms with Crippen molar-refractivity contribution in [1.29, 1.82) is 0 Å². The molecule has 0 aromatic rings. The van der Waals surface area contributed by atoms with E-state index in [-0.39, 0.29) is 0 Å². The van der Waals surface area contributed by atoms with E-state index in [9.17, 15) is 0 Å². The molecule has 0 spiro atoms. The van der Waals surface area contributed by atoms with Crippen LogP contribution in [0.5, 0.6) is 0 Å². The summed E-state index contributed by atoms with van der Waals surface area (Å²) >= 11 is 5.53. The Labute approximate surface area is 140 Å². The maximum absolute atomic E-state index is 5.53. The molecule has 4 aliphatic rings. The van der Waals surface area contributed by atoms with Crippen LogP contribution in [0.4, 0.5) is 0 Å². The van der Waals surface area contributed by atoms with Crippen LogP contribution in [0.1, 0.15) is 58.3 Å². The molecule has 3 nitrogen and oxygen atoms in total. The Balaban J connectivity index is 1.64. The van der Waals surface area contributed by atoms with Crippen molar-refractivity contribution in [3.05, 3.63) is 0 Å². The van der Waals surface area contributed by atoms with E-state index in [0.717, 1.165) is 29.4 Å². The van der Waals surface area contributed by atoms with Crippen molar-refractivity contribution in [2.45, 2.75) is 64.3 Å². The van der Waals surface area contributed by atoms with Gasteiger partial charge in [-0.1, -0.05) is 13.3 Å². The fourth-order valence-corrected chi connectivity index (χ4v) is 6.14. The van der Waals surface area contributed by atoms with E-state index in [1.807, 2.05) is 0 Å². The molecule has 126 valence electrons. The second-order valence-corrected chi connectivity index (χ2v) is 8.42. The van der Waals surface area contributed by atoms with Gasteiger partial charge in [-0.3, -0.25) is 0 Å². The van der Waals surface area contributed by atoms with Crippen molar-refractivity contribution < 1.29 is 4.74 Å². The number of ether oxygens (including phenoxy) is 1. The molecular formula is C18H32N2OS. The molecule has 4 aliphatic carbocycles. The van der Waals surface area contributed by atoms with E-state index in [2.05, 4.69) is 17.6 Å². The van der Waals surface area contributed by atoms with Gasteiger partial charge in [-0.2, -0.15) is 0 Å². The predicted molar refractivity (Wildman–Crippen MR) is 94.9 cm³/mol. The summed E-state index contributed by atoms with van der Waals surface area (Å²) in [4.78, 5) is 0. The second-order valence-electron chi connectivity index (χ2n) is 8.01. The fourth-order valence-electron chi connectivity index (χ4n) is 5.90. The minimum absolute atomic E-state index is 0.526. The minimum atomic E-state index is 0.526. The predicted octanol–water partition coefficient (Wildman–Crippen LogP) is 3.48. The Morgan fingerprint density at radius 1 is 1.18 bits per heavy atom. The minimum Gasteiger partial charge on any atom is -0.383 e. The molecule has 0 amide bonds. The van der Waals surface area contributed by atoms with Crippen molar-refractivity contribution in [3.8, 4) is 0 Å². The lowest BCUT2D eigenvalue weighted by molar-refractivity contribution is -0.0720. The van der Waals surface area contributed by atoms with Gasteiger partial charge in [0.2, 0.25) is 0 Å². The normalized spacial score (nSPS) is 37.1. The number of hydrogen-bond donors (Lipinski definition) is 2. The first kappa shape index (κ1) is 16.5. The highest BCUT2D eigenvalue weighted by Crippen LogP contribution is 2.61. The lowest BCUT2D eigenvalue weighted by Gasteiger charge is -2.59. The van der Waals surface area contributed by atoms with Crippen LogP contribution < -0.4 is 10.6 Å². The van der Waals surface area contributed by atoms with Crippen molar-refractivity contribution in [2.75, 3.05) is 20.3 Å². The molecule has 4 fully saturated rings. The van der Waals surface area contributed by atoms with Gasteiger partial charge < -0.3 is 15.4 Å². The average Bonchev–Trinajstić information content (AvgIpc) is 2.45. The van der Waals surface area contributed by atoms with E-state index in [1.54, 1.807) is 7.11 Å². The molecule has 4 rings (SSSR count). The third kappa shape index (κ3) is 3.43. The first-order valence-corrected chi connectivity index (χ1v) is 9.59. The van der Waals surface area contributed by atoms with Gasteiger partial charge in [0.15, 0.2) is 5.11 Å². The van der Waals surface area contributed by atoms with Gasteiger partial charge in [-0.15, -0.1) is 0 Å². The molecule has 0 aliphatic heterocycles. The van der Waals surface area contributed by atoms with Gasteiger partial charge in [0.1, 0.15) is 0 Å². The summed E-state index contributed by atoms with van der Waals surface area (Å²) in [5, 5.41) is 7.82. The third-order valence-corrected chi connectivity index (χ3v) is 6.56. The van der Waals surface area contributed by atoms with Crippen molar-refractivity contribution in [2.24, 2.45) is 23.2 Å². The summed E-state index contributed by atoms with van der Waals surface area (Å²) < 4.78 is 5.10. The molecule has 0 aromatic carbocycles. The molecule has 1 atom stereocenters. The highest BCUT2D eigenvalue weighted by molar-refractivity contribution is 7.80. The Kier molecular flexibility index (Phi) is 5.28. The first-order valence-electron chi connectivity index (χ1n) is 9.18. The average molecular weight is 325 g/mol. The molecule has 0 heterocycles. The number of nitrogens with one attached hydrogen (secondary N) is 2. The standard InChI is InChI=1S/C18H32N2OS/c1-3-4-16(20-17(22)19-5-6-21-2)18-10-13-7-14(11-18)9-15(8-13)12-18/h13-16H,3-12H2,1-2H3,(H2,19,20,22). The van der Waals surface area contributed by atoms with Crippen LogP contribution in [0.25, 0.3) is 0 Å². The zero-order valence-corrected chi connectivity index (χ0v) is 15.0. The summed E-state index contributed by atoms with van der Waals surface area (Å²) in [6, 6.07) is 0.563. The van der Waals surface area contributed by atoms with Crippen molar-refractivity contribution in [3.63, 3.8) is 0 Å². The number of methoxy groups -OCH3 is 1. The van der Waals surface area contributed by atoms with Crippen LogP contribution in [-0.4, -0.2) is 31.4 Å². The zero-order chi connectivity index (χ0) is 15.6. The van der Waals surface area contributed by atoms with Crippen molar-refractivity contribution >= 4 is 17.3 Å². The fraction of sp³-hybridized carbons (Fsp3) is 0.944. The molecular weight excluding hydrogens is 292 g/mol. The van der Waals surface area contributed by atoms with E-state index >= 15 is 0 Å². The molecule has 4 saturated carbocycles. The second kappa shape index (κ2) is 7.04. The van der Waals surface area contributed by atoms with Gasteiger partial charge in [0.05, 0.1) is 6.61 Å². The van der Waals surface area contributed by atoms with E-state index in [0.29, 0.717) is 18.1 Å². The van der Waals surface area contributed by atoms with Gasteiger partial charge in [0.25, 0.3) is 0 Å². The SMILES string of the molecule is CCCC(NC(=S)NCCOC)C12CC3CC(CC(C3)C1)C2. The van der Waals surface area contributed by atoms with E-state index in [4.69, 9.17) is 17.0 Å². The molecule has 0 saturated heterocycles. The van der Waals surface area contributed by atoms with Crippen LogP contribution >= 0.6 is 12.2 Å². The van der Waals surface area contributed by atoms with Crippen LogP contribution in [0, 0.1) is 23.2 Å². The molecule has 4 bridgehead atoms. The highest BCUT2D eigenvalue weighted by Gasteiger charge is 2.53. The van der Waals surface area contributed by atoms with Gasteiger partial charge in [0, 0.05) is 19.7 Å². The number of hydrogen-bond acceptors (Lipinski definition) is 2. The largest absolute Gasteiger partial charge is 0.383 e. The Morgan fingerprint density at radius 2 is 1.77 bits per heavy atom. The number of rotatable bonds is 7. The van der Waals surface area contributed by atoms with E-state index in [1.165, 1.54) is 51.4 Å². The number of thiocarbonyl (C=S) groups is 1. The molecule has 22 heavy (non-hydrogen) atoms. The lowest BCUT2D eigenvalue weighted by atomic mass is 9.47. The summed E-state index contributed by atoms with van der Waals surface area (Å²) in [6.45, 7) is 3.80. The monoisotopic (exact) mass is 324 g/mol. The molecule has 0 aromatic heterocycles. The maximum Gasteiger partial charge on any atom is 0.166 e. The van der Waals surface area contributed by atoms with Gasteiger partial charge in [-0.25, -0.2) is 0 Å². The summed E-state index contributed by atoms with van der Waals surface area (Å²) in [5.74, 6) is 3.01. The zero-order valence-electron chi connectivity index (χ0n) is 14.2. The van der Waals surface area contributed by atoms with Crippen LogP contribution in [-0.2, 0) is 4.74 Å². The Bertz CT molecular complexity index is 363. The smallest absolute Gasteiger partial charge is 0.166 e. The summed E-state index contributed by atoms with van der Waals surface area (Å²) in [7, 11) is 1.73. The van der Waals surface area contributed by atoms with Crippen LogP contribution in [0.3, 0.4) is 0 Å². The first-order chi connectivity index (χ1) is 10.6. The summed E-state index contributed by atoms with van der Waals surface area (Å²) in [6.07, 6.45) is 11.3. The highest BCUT2D eigenvalue weighted by atomic mass is 32.1. The van der Waals surface area contributed by atoms with Crippen LogP contribution in [0.15, 0.2) is 0 Å². The lowest BCUT2D eigenvalue weighted by Crippen LogP contribution is -2.58. The molecule has 1 unspecified atom stereocenters.